The van der Waals surface area contributed by atoms with Gasteiger partial charge in [0.2, 0.25) is 0 Å². The molecule has 0 radical (unpaired) electrons. The van der Waals surface area contributed by atoms with Gasteiger partial charge in [0, 0.05) is 23.4 Å². The molecule has 8 heteroatoms. The van der Waals surface area contributed by atoms with Crippen LogP contribution in [-0.4, -0.2) is 15.8 Å². The number of aryl methyl sites for hydroxylation is 1. The number of hydrogen-bond donors (Lipinski definition) is 1. The molecule has 1 aromatic carbocycles. The number of nitrogens with zero attached hydrogens (tertiary/aromatic N) is 2. The highest BCUT2D eigenvalue weighted by Gasteiger charge is 2.15. The molecule has 0 unspecified atom stereocenters. The van der Waals surface area contributed by atoms with Crippen LogP contribution < -0.4 is 5.32 Å². The van der Waals surface area contributed by atoms with Crippen molar-refractivity contribution in [1.82, 2.24) is 4.98 Å². The molecule has 1 aromatic heterocycles. The van der Waals surface area contributed by atoms with Gasteiger partial charge >= 0.3 is 0 Å². The average Bonchev–Trinajstić information content (AvgIpc) is 2.39. The highest BCUT2D eigenvalue weighted by Crippen LogP contribution is 2.22. The first-order chi connectivity index (χ1) is 9.86. The van der Waals surface area contributed by atoms with E-state index in [0.29, 0.717) is 5.69 Å². The van der Waals surface area contributed by atoms with Gasteiger partial charge in [-0.05, 0) is 25.1 Å². The Hall–Kier alpha value is -2.54. The lowest BCUT2D eigenvalue weighted by molar-refractivity contribution is -0.384. The van der Waals surface area contributed by atoms with Crippen LogP contribution in [0.2, 0.25) is 5.15 Å². The topological polar surface area (TPSA) is 85.1 Å². The zero-order chi connectivity index (χ0) is 15.6. The Balaban J connectivity index is 2.31. The van der Waals surface area contributed by atoms with Gasteiger partial charge in [0.15, 0.2) is 0 Å². The molecule has 0 fully saturated rings. The molecule has 1 heterocycles. The first-order valence-electron chi connectivity index (χ1n) is 5.76. The summed E-state index contributed by atoms with van der Waals surface area (Å²) in [5.74, 6) is -1.41. The quantitative estimate of drug-likeness (QED) is 0.535. The van der Waals surface area contributed by atoms with Gasteiger partial charge in [-0.15, -0.1) is 0 Å². The molecule has 0 saturated carbocycles. The zero-order valence-corrected chi connectivity index (χ0v) is 11.5. The number of nitrogens with one attached hydrogen (secondary N) is 1. The number of pyridine rings is 1. The van der Waals surface area contributed by atoms with E-state index in [1.54, 1.807) is 6.92 Å². The molecule has 21 heavy (non-hydrogen) atoms. The molecule has 2 rings (SSSR count). The monoisotopic (exact) mass is 309 g/mol. The van der Waals surface area contributed by atoms with E-state index in [-0.39, 0.29) is 22.1 Å². The maximum Gasteiger partial charge on any atom is 0.271 e. The Morgan fingerprint density at radius 2 is 2.10 bits per heavy atom. The third-order valence-corrected chi connectivity index (χ3v) is 2.79. The molecule has 1 amide bonds. The highest BCUT2D eigenvalue weighted by molar-refractivity contribution is 6.29. The van der Waals surface area contributed by atoms with Gasteiger partial charge in [0.25, 0.3) is 11.6 Å². The summed E-state index contributed by atoms with van der Waals surface area (Å²) in [5.41, 5.74) is 0.0981. The summed E-state index contributed by atoms with van der Waals surface area (Å²) in [6, 6.07) is 5.66. The largest absolute Gasteiger partial charge is 0.319 e. The van der Waals surface area contributed by atoms with Crippen LogP contribution in [0, 0.1) is 22.9 Å². The summed E-state index contributed by atoms with van der Waals surface area (Å²) in [5, 5.41) is 13.1. The highest BCUT2D eigenvalue weighted by atomic mass is 35.5. The molecule has 0 saturated heterocycles. The minimum atomic E-state index is -0.772. The summed E-state index contributed by atoms with van der Waals surface area (Å²) >= 11 is 5.74. The second-order valence-electron chi connectivity index (χ2n) is 4.20. The minimum Gasteiger partial charge on any atom is -0.319 e. The lowest BCUT2D eigenvalue weighted by atomic mass is 10.2. The van der Waals surface area contributed by atoms with Crippen LogP contribution in [0.5, 0.6) is 0 Å². The van der Waals surface area contributed by atoms with Crippen molar-refractivity contribution in [3.63, 3.8) is 0 Å². The number of amides is 1. The van der Waals surface area contributed by atoms with Crippen molar-refractivity contribution in [1.29, 1.82) is 0 Å². The third-order valence-electron chi connectivity index (χ3n) is 2.59. The maximum atomic E-state index is 13.6. The van der Waals surface area contributed by atoms with Crippen LogP contribution in [-0.2, 0) is 0 Å². The molecule has 6 nitrogen and oxygen atoms in total. The van der Waals surface area contributed by atoms with E-state index in [1.807, 2.05) is 0 Å². The van der Waals surface area contributed by atoms with Crippen molar-refractivity contribution in [2.45, 2.75) is 6.92 Å². The molecule has 0 atom stereocenters. The van der Waals surface area contributed by atoms with Crippen LogP contribution in [0.25, 0.3) is 0 Å². The molecule has 0 aliphatic heterocycles. The van der Waals surface area contributed by atoms with Gasteiger partial charge in [0.1, 0.15) is 11.0 Å². The molecule has 108 valence electrons. The fraction of sp³-hybridized carbons (Fsp3) is 0.0769. The van der Waals surface area contributed by atoms with Gasteiger partial charge in [-0.1, -0.05) is 11.6 Å². The van der Waals surface area contributed by atoms with Crippen LogP contribution in [0.15, 0.2) is 30.3 Å². The predicted molar refractivity (Wildman–Crippen MR) is 75.0 cm³/mol. The first kappa shape index (κ1) is 14.9. The Kier molecular flexibility index (Phi) is 4.13. The number of aromatic nitrogens is 1. The molecule has 2 aromatic rings. The van der Waals surface area contributed by atoms with Crippen molar-refractivity contribution in [3.8, 4) is 0 Å². The molecular formula is C13H9ClFN3O3. The predicted octanol–water partition coefficient (Wildman–Crippen LogP) is 3.34. The molecule has 0 aliphatic carbocycles. The molecule has 0 spiro atoms. The summed E-state index contributed by atoms with van der Waals surface area (Å²) < 4.78 is 13.6. The van der Waals surface area contributed by atoms with Gasteiger partial charge in [-0.25, -0.2) is 9.37 Å². The van der Waals surface area contributed by atoms with Crippen molar-refractivity contribution >= 4 is 28.9 Å². The van der Waals surface area contributed by atoms with E-state index in [0.717, 1.165) is 18.2 Å². The third kappa shape index (κ3) is 3.51. The standard InChI is InChI=1S/C13H9ClFN3O3/c1-7-4-8(5-12(14)16-7)13(19)17-11-6-9(18(20)21)2-3-10(11)15/h2-6H,1H3,(H,17,19). The number of carbonyl (C=O) groups is 1. The minimum absolute atomic E-state index is 0.125. The Bertz CT molecular complexity index is 716. The second-order valence-corrected chi connectivity index (χ2v) is 4.58. The SMILES string of the molecule is Cc1cc(C(=O)Nc2cc([N+](=O)[O-])ccc2F)cc(Cl)n1. The number of carbonyl (C=O) groups excluding carboxylic acids is 1. The number of nitro groups is 1. The molecule has 0 bridgehead atoms. The summed E-state index contributed by atoms with van der Waals surface area (Å²) in [4.78, 5) is 25.9. The lowest BCUT2D eigenvalue weighted by Crippen LogP contribution is -2.13. The first-order valence-corrected chi connectivity index (χ1v) is 6.14. The van der Waals surface area contributed by atoms with Crippen molar-refractivity contribution in [2.75, 3.05) is 5.32 Å². The Labute approximate surface area is 123 Å². The Morgan fingerprint density at radius 3 is 2.71 bits per heavy atom. The Morgan fingerprint density at radius 1 is 1.38 bits per heavy atom. The summed E-state index contributed by atoms with van der Waals surface area (Å²) in [6.45, 7) is 1.65. The van der Waals surface area contributed by atoms with Crippen molar-refractivity contribution in [2.24, 2.45) is 0 Å². The lowest BCUT2D eigenvalue weighted by Gasteiger charge is -2.07. The number of rotatable bonds is 3. The van der Waals surface area contributed by atoms with Crippen molar-refractivity contribution in [3.05, 3.63) is 62.7 Å². The van der Waals surface area contributed by atoms with E-state index < -0.39 is 16.6 Å². The van der Waals surface area contributed by atoms with Crippen molar-refractivity contribution < 1.29 is 14.1 Å². The van der Waals surface area contributed by atoms with Gasteiger partial charge in [-0.3, -0.25) is 14.9 Å². The zero-order valence-electron chi connectivity index (χ0n) is 10.8. The second kappa shape index (κ2) is 5.84. The smallest absolute Gasteiger partial charge is 0.271 e. The molecule has 1 N–H and O–H groups in total. The number of nitro benzene ring substituents is 1. The number of halogens is 2. The van der Waals surface area contributed by atoms with Crippen LogP contribution >= 0.6 is 11.6 Å². The fourth-order valence-electron chi connectivity index (χ4n) is 1.68. The van der Waals surface area contributed by atoms with E-state index in [1.165, 1.54) is 12.1 Å². The number of non-ortho nitro benzene ring substituents is 1. The number of hydrogen-bond acceptors (Lipinski definition) is 4. The fourth-order valence-corrected chi connectivity index (χ4v) is 1.93. The van der Waals surface area contributed by atoms with Crippen LogP contribution in [0.1, 0.15) is 16.1 Å². The molecule has 0 aliphatic rings. The van der Waals surface area contributed by atoms with Gasteiger partial charge in [0.05, 0.1) is 10.6 Å². The van der Waals surface area contributed by atoms with Crippen LogP contribution in [0.3, 0.4) is 0 Å². The van der Waals surface area contributed by atoms with E-state index in [9.17, 15) is 19.3 Å². The number of benzene rings is 1. The maximum absolute atomic E-state index is 13.6. The van der Waals surface area contributed by atoms with Crippen LogP contribution in [0.4, 0.5) is 15.8 Å². The summed E-state index contributed by atoms with van der Waals surface area (Å²) in [7, 11) is 0. The van der Waals surface area contributed by atoms with E-state index >= 15 is 0 Å². The van der Waals surface area contributed by atoms with Gasteiger partial charge < -0.3 is 5.32 Å². The average molecular weight is 310 g/mol. The van der Waals surface area contributed by atoms with E-state index in [4.69, 9.17) is 11.6 Å². The number of anilines is 1. The van der Waals surface area contributed by atoms with Gasteiger partial charge in [-0.2, -0.15) is 0 Å². The normalized spacial score (nSPS) is 10.2. The summed E-state index contributed by atoms with van der Waals surface area (Å²) in [6.07, 6.45) is 0. The van der Waals surface area contributed by atoms with E-state index in [2.05, 4.69) is 10.3 Å². The molecular weight excluding hydrogens is 301 g/mol.